The van der Waals surface area contributed by atoms with E-state index in [1.165, 1.54) is 6.92 Å². The molecule has 0 atom stereocenters. The molecule has 1 aromatic rings. The first-order valence-corrected chi connectivity index (χ1v) is 4.13. The largest absolute Gasteiger partial charge is 0.419 e. The minimum atomic E-state index is -4.93. The van der Waals surface area contributed by atoms with Crippen LogP contribution in [0.4, 0.5) is 22.0 Å². The van der Waals surface area contributed by atoms with Gasteiger partial charge in [0.1, 0.15) is 10.7 Å². The van der Waals surface area contributed by atoms with Gasteiger partial charge in [-0.05, 0) is 13.0 Å². The predicted molar refractivity (Wildman–Crippen MR) is 43.9 cm³/mol. The number of nitrogens with zero attached hydrogens (tertiary/aromatic N) is 1. The summed E-state index contributed by atoms with van der Waals surface area (Å²) in [6.45, 7) is 1.29. The number of rotatable bonds is 1. The molecule has 84 valence electrons. The fourth-order valence-corrected chi connectivity index (χ4v) is 1.46. The van der Waals surface area contributed by atoms with Gasteiger partial charge in [-0.25, -0.2) is 13.8 Å². The molecule has 1 rings (SSSR count). The fourth-order valence-electron chi connectivity index (χ4n) is 1.11. The second-order valence-electron chi connectivity index (χ2n) is 2.82. The molecule has 0 unspecified atom stereocenters. The van der Waals surface area contributed by atoms with E-state index in [2.05, 4.69) is 4.98 Å². The van der Waals surface area contributed by atoms with E-state index in [0.29, 0.717) is 6.07 Å². The molecule has 1 nitrogen and oxygen atoms in total. The number of aryl methyl sites for hydroxylation is 1. The Kier molecular flexibility index (Phi) is 3.18. The first-order chi connectivity index (χ1) is 6.73. The molecule has 1 aromatic heterocycles. The van der Waals surface area contributed by atoms with Crippen LogP contribution in [0.2, 0.25) is 5.15 Å². The Balaban J connectivity index is 3.48. The van der Waals surface area contributed by atoms with Crippen molar-refractivity contribution in [2.75, 3.05) is 0 Å². The zero-order valence-corrected chi connectivity index (χ0v) is 8.13. The Morgan fingerprint density at radius 2 is 1.87 bits per heavy atom. The summed E-state index contributed by atoms with van der Waals surface area (Å²) in [5, 5.41) is -0.946. The highest BCUT2D eigenvalue weighted by Gasteiger charge is 2.39. The van der Waals surface area contributed by atoms with Gasteiger partial charge >= 0.3 is 6.18 Å². The van der Waals surface area contributed by atoms with E-state index in [1.54, 1.807) is 0 Å². The molecule has 0 saturated heterocycles. The normalized spacial score (nSPS) is 12.3. The van der Waals surface area contributed by atoms with E-state index >= 15 is 0 Å². The molecular formula is C8H5ClF5N. The van der Waals surface area contributed by atoms with Crippen LogP contribution in [0, 0.1) is 6.92 Å². The summed E-state index contributed by atoms with van der Waals surface area (Å²) in [7, 11) is 0. The van der Waals surface area contributed by atoms with Crippen LogP contribution in [0.1, 0.15) is 23.2 Å². The summed E-state index contributed by atoms with van der Waals surface area (Å²) >= 11 is 5.20. The predicted octanol–water partition coefficient (Wildman–Crippen LogP) is 4.00. The molecule has 0 aromatic carbocycles. The van der Waals surface area contributed by atoms with Gasteiger partial charge in [0.05, 0.1) is 0 Å². The van der Waals surface area contributed by atoms with Crippen molar-refractivity contribution in [3.05, 3.63) is 28.0 Å². The van der Waals surface area contributed by atoms with Gasteiger partial charge in [0.25, 0.3) is 6.43 Å². The molecule has 0 aliphatic rings. The van der Waals surface area contributed by atoms with E-state index in [4.69, 9.17) is 11.6 Å². The topological polar surface area (TPSA) is 12.9 Å². The lowest BCUT2D eigenvalue weighted by Crippen LogP contribution is -2.12. The summed E-state index contributed by atoms with van der Waals surface area (Å²) in [4.78, 5) is 3.30. The Morgan fingerprint density at radius 1 is 1.33 bits per heavy atom. The van der Waals surface area contributed by atoms with Crippen LogP contribution in [0.25, 0.3) is 0 Å². The quantitative estimate of drug-likeness (QED) is 0.538. The van der Waals surface area contributed by atoms with Gasteiger partial charge in [0, 0.05) is 11.3 Å². The average molecular weight is 246 g/mol. The second-order valence-corrected chi connectivity index (χ2v) is 3.18. The van der Waals surface area contributed by atoms with Crippen molar-refractivity contribution in [1.82, 2.24) is 4.98 Å². The molecule has 0 amide bonds. The zero-order chi connectivity index (χ0) is 11.8. The minimum absolute atomic E-state index is 0.0169. The molecule has 0 N–H and O–H groups in total. The number of aromatic nitrogens is 1. The Hall–Kier alpha value is -0.910. The maximum absolute atomic E-state index is 12.3. The summed E-state index contributed by atoms with van der Waals surface area (Å²) in [6.07, 6.45) is -8.16. The van der Waals surface area contributed by atoms with E-state index in [-0.39, 0.29) is 5.69 Å². The monoisotopic (exact) mass is 245 g/mol. The highest BCUT2D eigenvalue weighted by atomic mass is 35.5. The molecule has 0 radical (unpaired) electrons. The summed E-state index contributed by atoms with van der Waals surface area (Å²) in [5.41, 5.74) is -2.69. The third-order valence-corrected chi connectivity index (χ3v) is 1.93. The van der Waals surface area contributed by atoms with Crippen molar-refractivity contribution in [2.24, 2.45) is 0 Å². The molecule has 0 aliphatic heterocycles. The van der Waals surface area contributed by atoms with E-state index in [9.17, 15) is 22.0 Å². The maximum atomic E-state index is 12.3. The summed E-state index contributed by atoms with van der Waals surface area (Å²) in [6, 6.07) is 0.680. The molecule has 15 heavy (non-hydrogen) atoms. The average Bonchev–Trinajstić information content (AvgIpc) is 1.99. The highest BCUT2D eigenvalue weighted by Crippen LogP contribution is 2.40. The molecule has 7 heteroatoms. The van der Waals surface area contributed by atoms with Crippen LogP contribution in [-0.2, 0) is 6.18 Å². The smallest absolute Gasteiger partial charge is 0.241 e. The van der Waals surface area contributed by atoms with Gasteiger partial charge in [0.15, 0.2) is 0 Å². The van der Waals surface area contributed by atoms with Crippen LogP contribution in [-0.4, -0.2) is 4.98 Å². The second kappa shape index (κ2) is 3.92. The number of halogens is 6. The Labute approximate surface area is 86.9 Å². The van der Waals surface area contributed by atoms with Crippen LogP contribution in [0.15, 0.2) is 6.07 Å². The maximum Gasteiger partial charge on any atom is 0.419 e. The van der Waals surface area contributed by atoms with Gasteiger partial charge in [-0.3, -0.25) is 0 Å². The molecule has 0 bridgehead atoms. The summed E-state index contributed by atoms with van der Waals surface area (Å²) < 4.78 is 61.7. The third kappa shape index (κ3) is 2.56. The standard InChI is InChI=1S/C8H5ClF5N/c1-3-2-4(7(10)11)5(6(9)15-3)8(12,13)14/h2,7H,1H3. The lowest BCUT2D eigenvalue weighted by atomic mass is 10.1. The van der Waals surface area contributed by atoms with Crippen molar-refractivity contribution in [2.45, 2.75) is 19.5 Å². The summed E-state index contributed by atoms with van der Waals surface area (Å²) in [5.74, 6) is 0. The van der Waals surface area contributed by atoms with Gasteiger partial charge in [-0.1, -0.05) is 11.6 Å². The van der Waals surface area contributed by atoms with E-state index in [1.807, 2.05) is 0 Å². The van der Waals surface area contributed by atoms with Gasteiger partial charge in [-0.2, -0.15) is 13.2 Å². The number of hydrogen-bond donors (Lipinski definition) is 0. The van der Waals surface area contributed by atoms with Gasteiger partial charge < -0.3 is 0 Å². The number of hydrogen-bond acceptors (Lipinski definition) is 1. The van der Waals surface area contributed by atoms with E-state index in [0.717, 1.165) is 0 Å². The van der Waals surface area contributed by atoms with Crippen molar-refractivity contribution in [3.8, 4) is 0 Å². The SMILES string of the molecule is Cc1cc(C(F)F)c(C(F)(F)F)c(Cl)n1. The van der Waals surface area contributed by atoms with Crippen LogP contribution < -0.4 is 0 Å². The van der Waals surface area contributed by atoms with Crippen LogP contribution in [0.5, 0.6) is 0 Å². The third-order valence-electron chi connectivity index (χ3n) is 1.65. The number of pyridine rings is 1. The zero-order valence-electron chi connectivity index (χ0n) is 7.37. The Morgan fingerprint density at radius 3 is 2.27 bits per heavy atom. The molecule has 0 aliphatic carbocycles. The van der Waals surface area contributed by atoms with Gasteiger partial charge in [0.2, 0.25) is 0 Å². The molecule has 0 saturated carbocycles. The van der Waals surface area contributed by atoms with Crippen molar-refractivity contribution in [1.29, 1.82) is 0 Å². The fraction of sp³-hybridized carbons (Fsp3) is 0.375. The first-order valence-electron chi connectivity index (χ1n) is 3.76. The molecule has 0 spiro atoms. The highest BCUT2D eigenvalue weighted by molar-refractivity contribution is 6.30. The van der Waals surface area contributed by atoms with Crippen LogP contribution in [0.3, 0.4) is 0 Å². The molecule has 0 fully saturated rings. The first kappa shape index (κ1) is 12.2. The lowest BCUT2D eigenvalue weighted by molar-refractivity contribution is -0.139. The molecule has 1 heterocycles. The van der Waals surface area contributed by atoms with Crippen molar-refractivity contribution in [3.63, 3.8) is 0 Å². The minimum Gasteiger partial charge on any atom is -0.241 e. The molecular weight excluding hydrogens is 241 g/mol. The van der Waals surface area contributed by atoms with Crippen molar-refractivity contribution >= 4 is 11.6 Å². The van der Waals surface area contributed by atoms with Gasteiger partial charge in [-0.15, -0.1) is 0 Å². The lowest BCUT2D eigenvalue weighted by Gasteiger charge is -2.13. The Bertz CT molecular complexity index is 374. The number of alkyl halides is 5. The van der Waals surface area contributed by atoms with Crippen molar-refractivity contribution < 1.29 is 22.0 Å². The van der Waals surface area contributed by atoms with E-state index < -0.39 is 28.9 Å². The van der Waals surface area contributed by atoms with Crippen LogP contribution >= 0.6 is 11.6 Å².